The second kappa shape index (κ2) is 5.95. The van der Waals surface area contributed by atoms with E-state index in [4.69, 9.17) is 21.1 Å². The number of methoxy groups -OCH3 is 2. The topological polar surface area (TPSA) is 47.6 Å². The molecule has 19 heavy (non-hydrogen) atoms. The first-order valence-corrected chi connectivity index (χ1v) is 6.61. The minimum atomic E-state index is -0.216. The lowest BCUT2D eigenvalue weighted by atomic mass is 10.2. The largest absolute Gasteiger partial charge is 0.497 e. The normalized spacial score (nSPS) is 10.1. The third kappa shape index (κ3) is 3.39. The van der Waals surface area contributed by atoms with Gasteiger partial charge in [0.2, 0.25) is 0 Å². The van der Waals surface area contributed by atoms with E-state index in [9.17, 15) is 4.79 Å². The van der Waals surface area contributed by atoms with Crippen LogP contribution >= 0.6 is 22.9 Å². The number of thiophene rings is 1. The summed E-state index contributed by atoms with van der Waals surface area (Å²) in [6.45, 7) is 0. The van der Waals surface area contributed by atoms with Gasteiger partial charge < -0.3 is 14.8 Å². The molecule has 0 fully saturated rings. The van der Waals surface area contributed by atoms with E-state index >= 15 is 0 Å². The molecule has 1 amide bonds. The van der Waals surface area contributed by atoms with Crippen molar-refractivity contribution in [3.8, 4) is 11.5 Å². The maximum Gasteiger partial charge on any atom is 0.265 e. The smallest absolute Gasteiger partial charge is 0.265 e. The van der Waals surface area contributed by atoms with Gasteiger partial charge in [0.05, 0.1) is 23.4 Å². The fourth-order valence-corrected chi connectivity index (χ4v) is 2.45. The van der Waals surface area contributed by atoms with E-state index < -0.39 is 0 Å². The van der Waals surface area contributed by atoms with Crippen molar-refractivity contribution >= 4 is 34.5 Å². The number of rotatable bonds is 4. The Bertz CT molecular complexity index is 575. The summed E-state index contributed by atoms with van der Waals surface area (Å²) in [7, 11) is 3.11. The van der Waals surface area contributed by atoms with Gasteiger partial charge in [-0.15, -0.1) is 11.3 Å². The molecular weight excluding hydrogens is 286 g/mol. The molecule has 0 unspecified atom stereocenters. The molecule has 100 valence electrons. The first-order chi connectivity index (χ1) is 9.12. The van der Waals surface area contributed by atoms with E-state index in [2.05, 4.69) is 5.32 Å². The highest BCUT2D eigenvalue weighted by molar-refractivity contribution is 7.18. The summed E-state index contributed by atoms with van der Waals surface area (Å²) >= 11 is 7.03. The third-order valence-electron chi connectivity index (χ3n) is 2.41. The van der Waals surface area contributed by atoms with Crippen molar-refractivity contribution in [2.45, 2.75) is 0 Å². The first-order valence-electron chi connectivity index (χ1n) is 5.42. The third-order valence-corrected chi connectivity index (χ3v) is 3.64. The van der Waals surface area contributed by atoms with Crippen LogP contribution in [-0.2, 0) is 0 Å². The quantitative estimate of drug-likeness (QED) is 0.936. The number of hydrogen-bond acceptors (Lipinski definition) is 4. The molecule has 2 rings (SSSR count). The van der Waals surface area contributed by atoms with Crippen LogP contribution in [0, 0.1) is 0 Å². The van der Waals surface area contributed by atoms with Crippen molar-refractivity contribution < 1.29 is 14.3 Å². The van der Waals surface area contributed by atoms with Crippen molar-refractivity contribution in [2.24, 2.45) is 0 Å². The van der Waals surface area contributed by atoms with Crippen LogP contribution in [-0.4, -0.2) is 20.1 Å². The molecule has 0 radical (unpaired) electrons. The summed E-state index contributed by atoms with van der Waals surface area (Å²) in [6, 6.07) is 8.54. The van der Waals surface area contributed by atoms with Crippen LogP contribution in [0.4, 0.5) is 5.69 Å². The van der Waals surface area contributed by atoms with E-state index in [-0.39, 0.29) is 5.91 Å². The molecule has 0 saturated carbocycles. The Morgan fingerprint density at radius 2 is 1.79 bits per heavy atom. The number of hydrogen-bond donors (Lipinski definition) is 1. The molecule has 0 bridgehead atoms. The van der Waals surface area contributed by atoms with Gasteiger partial charge in [-0.2, -0.15) is 0 Å². The maximum absolute atomic E-state index is 12.0. The lowest BCUT2D eigenvalue weighted by Gasteiger charge is -2.09. The van der Waals surface area contributed by atoms with Gasteiger partial charge in [0.25, 0.3) is 5.91 Å². The number of benzene rings is 1. The molecule has 2 aromatic rings. The zero-order chi connectivity index (χ0) is 13.8. The van der Waals surface area contributed by atoms with E-state index in [1.54, 1.807) is 44.6 Å². The van der Waals surface area contributed by atoms with Gasteiger partial charge in [-0.1, -0.05) is 11.6 Å². The molecular formula is C13H12ClNO3S. The Labute approximate surface area is 119 Å². The van der Waals surface area contributed by atoms with Crippen LogP contribution < -0.4 is 14.8 Å². The number of nitrogens with one attached hydrogen (secondary N) is 1. The Morgan fingerprint density at radius 3 is 2.26 bits per heavy atom. The Kier molecular flexibility index (Phi) is 4.29. The molecule has 0 atom stereocenters. The summed E-state index contributed by atoms with van der Waals surface area (Å²) in [5.41, 5.74) is 0.603. The Balaban J connectivity index is 2.20. The van der Waals surface area contributed by atoms with Crippen LogP contribution in [0.25, 0.3) is 0 Å². The van der Waals surface area contributed by atoms with Gasteiger partial charge in [0.1, 0.15) is 11.5 Å². The average molecular weight is 298 g/mol. The summed E-state index contributed by atoms with van der Waals surface area (Å²) in [5.74, 6) is 1.00. The van der Waals surface area contributed by atoms with Gasteiger partial charge >= 0.3 is 0 Å². The van der Waals surface area contributed by atoms with Gasteiger partial charge in [-0.25, -0.2) is 0 Å². The molecule has 0 saturated heterocycles. The predicted octanol–water partition coefficient (Wildman–Crippen LogP) is 3.67. The number of carbonyl (C=O) groups is 1. The lowest BCUT2D eigenvalue weighted by Crippen LogP contribution is -2.10. The molecule has 0 aliphatic carbocycles. The van der Waals surface area contributed by atoms with E-state index in [1.165, 1.54) is 11.3 Å². The van der Waals surface area contributed by atoms with Crippen LogP contribution in [0.3, 0.4) is 0 Å². The van der Waals surface area contributed by atoms with Crippen molar-refractivity contribution in [1.82, 2.24) is 0 Å². The molecule has 0 spiro atoms. The second-order valence-electron chi connectivity index (χ2n) is 3.66. The minimum absolute atomic E-state index is 0.216. The van der Waals surface area contributed by atoms with Crippen LogP contribution in [0.5, 0.6) is 11.5 Å². The molecule has 0 aliphatic rings. The summed E-state index contributed by atoms with van der Waals surface area (Å²) in [6.07, 6.45) is 0. The van der Waals surface area contributed by atoms with Crippen molar-refractivity contribution in [1.29, 1.82) is 0 Å². The molecule has 1 heterocycles. The highest BCUT2D eigenvalue weighted by Crippen LogP contribution is 2.27. The van der Waals surface area contributed by atoms with E-state index in [0.29, 0.717) is 26.4 Å². The van der Waals surface area contributed by atoms with Gasteiger partial charge in [0, 0.05) is 23.9 Å². The molecule has 1 aromatic heterocycles. The molecule has 6 heteroatoms. The number of anilines is 1. The monoisotopic (exact) mass is 297 g/mol. The van der Waals surface area contributed by atoms with Gasteiger partial charge in [0.15, 0.2) is 0 Å². The number of halogens is 1. The molecule has 1 N–H and O–H groups in total. The van der Waals surface area contributed by atoms with Crippen LogP contribution in [0.2, 0.25) is 4.34 Å². The summed E-state index contributed by atoms with van der Waals surface area (Å²) in [5, 5.41) is 2.77. The number of ether oxygens (including phenoxy) is 2. The van der Waals surface area contributed by atoms with Crippen molar-refractivity contribution in [3.63, 3.8) is 0 Å². The lowest BCUT2D eigenvalue weighted by molar-refractivity contribution is 0.103. The highest BCUT2D eigenvalue weighted by atomic mass is 35.5. The Morgan fingerprint density at radius 1 is 1.16 bits per heavy atom. The minimum Gasteiger partial charge on any atom is -0.497 e. The van der Waals surface area contributed by atoms with Crippen molar-refractivity contribution in [3.05, 3.63) is 39.5 Å². The van der Waals surface area contributed by atoms with Gasteiger partial charge in [-0.05, 0) is 12.1 Å². The predicted molar refractivity (Wildman–Crippen MR) is 76.8 cm³/mol. The standard InChI is InChI=1S/C13H12ClNO3S/c1-17-9-5-8(6-10(7-9)18-2)15-13(16)11-3-4-12(14)19-11/h3-7H,1-2H3,(H,15,16). The summed E-state index contributed by atoms with van der Waals surface area (Å²) < 4.78 is 10.9. The molecule has 1 aromatic carbocycles. The Hall–Kier alpha value is -1.72. The zero-order valence-corrected chi connectivity index (χ0v) is 12.0. The fraction of sp³-hybridized carbons (Fsp3) is 0.154. The first kappa shape index (κ1) is 13.7. The number of carbonyl (C=O) groups excluding carboxylic acids is 1. The average Bonchev–Trinajstić information content (AvgIpc) is 2.85. The second-order valence-corrected chi connectivity index (χ2v) is 5.37. The van der Waals surface area contributed by atoms with E-state index in [1.807, 2.05) is 0 Å². The molecule has 0 aliphatic heterocycles. The zero-order valence-electron chi connectivity index (χ0n) is 10.4. The fourth-order valence-electron chi connectivity index (χ4n) is 1.51. The van der Waals surface area contributed by atoms with Crippen LogP contribution in [0.15, 0.2) is 30.3 Å². The van der Waals surface area contributed by atoms with Crippen LogP contribution in [0.1, 0.15) is 9.67 Å². The van der Waals surface area contributed by atoms with Gasteiger partial charge in [-0.3, -0.25) is 4.79 Å². The van der Waals surface area contributed by atoms with Crippen molar-refractivity contribution in [2.75, 3.05) is 19.5 Å². The maximum atomic E-state index is 12.0. The summed E-state index contributed by atoms with van der Waals surface area (Å²) in [4.78, 5) is 12.5. The number of amides is 1. The van der Waals surface area contributed by atoms with E-state index in [0.717, 1.165) is 0 Å². The SMILES string of the molecule is COc1cc(NC(=O)c2ccc(Cl)s2)cc(OC)c1. The molecule has 4 nitrogen and oxygen atoms in total. The highest BCUT2D eigenvalue weighted by Gasteiger charge is 2.10.